The Morgan fingerprint density at radius 2 is 1.21 bits per heavy atom. The normalized spacial score (nSPS) is 11.3. The zero-order valence-corrected chi connectivity index (χ0v) is 18.5. The molecular weight excluding hydrogens is 418 g/mol. The molecule has 1 amide bonds. The number of hydrogen-bond donors (Lipinski definition) is 1. The number of ketones is 1. The molecular formula is C27H27NO5. The van der Waals surface area contributed by atoms with Crippen LogP contribution in [0.3, 0.4) is 0 Å². The molecule has 170 valence electrons. The lowest BCUT2D eigenvalue weighted by molar-refractivity contribution is -0.147. The van der Waals surface area contributed by atoms with Crippen molar-refractivity contribution in [3.63, 3.8) is 0 Å². The van der Waals surface area contributed by atoms with Crippen molar-refractivity contribution >= 4 is 17.8 Å². The van der Waals surface area contributed by atoms with Crippen molar-refractivity contribution in [1.82, 2.24) is 5.32 Å². The minimum Gasteiger partial charge on any atom is -0.459 e. The monoisotopic (exact) mass is 445 g/mol. The van der Waals surface area contributed by atoms with Crippen molar-refractivity contribution in [2.24, 2.45) is 0 Å². The summed E-state index contributed by atoms with van der Waals surface area (Å²) in [6.07, 6.45) is -0.116. The van der Waals surface area contributed by atoms with E-state index in [1.165, 1.54) is 6.92 Å². The smallest absolute Gasteiger partial charge is 0.408 e. The second-order valence-corrected chi connectivity index (χ2v) is 7.75. The standard InChI is InChI=1S/C27H27NO5/c1-20(29)16-21-12-14-22(15-13-21)17-25(26(30)32-18-23-8-4-2-5-9-23)28-27(31)33-19-24-10-6-3-7-11-24/h2-15,25H,16-19H2,1H3,(H,28,31)/t25-/m0/s1. The van der Waals surface area contributed by atoms with E-state index in [0.29, 0.717) is 6.42 Å². The van der Waals surface area contributed by atoms with E-state index in [0.717, 1.165) is 22.3 Å². The Bertz CT molecular complexity index is 1050. The van der Waals surface area contributed by atoms with Gasteiger partial charge in [-0.3, -0.25) is 4.79 Å². The Balaban J connectivity index is 1.64. The molecule has 0 heterocycles. The molecule has 0 spiro atoms. The third-order valence-electron chi connectivity index (χ3n) is 4.93. The van der Waals surface area contributed by atoms with Crippen molar-refractivity contribution in [3.05, 3.63) is 107 Å². The minimum atomic E-state index is -0.921. The molecule has 0 saturated carbocycles. The highest BCUT2D eigenvalue weighted by atomic mass is 16.6. The molecule has 0 aliphatic rings. The van der Waals surface area contributed by atoms with E-state index < -0.39 is 18.1 Å². The Kier molecular flexibility index (Phi) is 8.77. The second kappa shape index (κ2) is 12.2. The largest absolute Gasteiger partial charge is 0.459 e. The van der Waals surface area contributed by atoms with Gasteiger partial charge in [0.25, 0.3) is 0 Å². The topological polar surface area (TPSA) is 81.7 Å². The summed E-state index contributed by atoms with van der Waals surface area (Å²) < 4.78 is 10.7. The highest BCUT2D eigenvalue weighted by Crippen LogP contribution is 2.11. The second-order valence-electron chi connectivity index (χ2n) is 7.75. The molecule has 1 N–H and O–H groups in total. The summed E-state index contributed by atoms with van der Waals surface area (Å²) in [5, 5.41) is 2.63. The van der Waals surface area contributed by atoms with Crippen LogP contribution in [0.4, 0.5) is 4.79 Å². The maximum absolute atomic E-state index is 12.8. The summed E-state index contributed by atoms with van der Waals surface area (Å²) in [4.78, 5) is 36.5. The predicted octanol–water partition coefficient (Wildman–Crippen LogP) is 4.40. The van der Waals surface area contributed by atoms with Crippen LogP contribution in [0.25, 0.3) is 0 Å². The van der Waals surface area contributed by atoms with Gasteiger partial charge < -0.3 is 14.8 Å². The van der Waals surface area contributed by atoms with E-state index in [2.05, 4.69) is 5.32 Å². The first-order valence-electron chi connectivity index (χ1n) is 10.7. The molecule has 1 atom stereocenters. The molecule has 0 aromatic heterocycles. The predicted molar refractivity (Wildman–Crippen MR) is 124 cm³/mol. The fourth-order valence-corrected chi connectivity index (χ4v) is 3.25. The van der Waals surface area contributed by atoms with Gasteiger partial charge in [-0.2, -0.15) is 0 Å². The maximum Gasteiger partial charge on any atom is 0.408 e. The Morgan fingerprint density at radius 1 is 0.697 bits per heavy atom. The molecule has 0 bridgehead atoms. The van der Waals surface area contributed by atoms with E-state index in [1.807, 2.05) is 84.9 Å². The summed E-state index contributed by atoms with van der Waals surface area (Å²) >= 11 is 0. The van der Waals surface area contributed by atoms with Gasteiger partial charge >= 0.3 is 12.1 Å². The summed E-state index contributed by atoms with van der Waals surface area (Å²) in [6, 6.07) is 25.1. The number of Topliss-reactive ketones (excluding diaryl/α,β-unsaturated/α-hetero) is 1. The summed E-state index contributed by atoms with van der Waals surface area (Å²) in [6.45, 7) is 1.74. The lowest BCUT2D eigenvalue weighted by Crippen LogP contribution is -2.43. The fraction of sp³-hybridized carbons (Fsp3) is 0.222. The SMILES string of the molecule is CC(=O)Cc1ccc(C[C@H](NC(=O)OCc2ccccc2)C(=O)OCc2ccccc2)cc1. The molecule has 6 nitrogen and oxygen atoms in total. The van der Waals surface area contributed by atoms with Crippen LogP contribution in [0.5, 0.6) is 0 Å². The summed E-state index contributed by atoms with van der Waals surface area (Å²) in [5.41, 5.74) is 3.42. The number of amides is 1. The molecule has 33 heavy (non-hydrogen) atoms. The van der Waals surface area contributed by atoms with Gasteiger partial charge in [0.2, 0.25) is 0 Å². The van der Waals surface area contributed by atoms with Gasteiger partial charge in [-0.15, -0.1) is 0 Å². The maximum atomic E-state index is 12.8. The van der Waals surface area contributed by atoms with Gasteiger partial charge in [-0.1, -0.05) is 84.9 Å². The zero-order chi connectivity index (χ0) is 23.5. The highest BCUT2D eigenvalue weighted by molar-refractivity contribution is 5.81. The number of ether oxygens (including phenoxy) is 2. The van der Waals surface area contributed by atoms with Gasteiger partial charge in [-0.25, -0.2) is 9.59 Å². The molecule has 0 radical (unpaired) electrons. The molecule has 3 rings (SSSR count). The van der Waals surface area contributed by atoms with E-state index >= 15 is 0 Å². The lowest BCUT2D eigenvalue weighted by atomic mass is 10.0. The van der Waals surface area contributed by atoms with Crippen molar-refractivity contribution in [1.29, 1.82) is 0 Å². The molecule has 0 fully saturated rings. The lowest BCUT2D eigenvalue weighted by Gasteiger charge is -2.18. The number of alkyl carbamates (subject to hydrolysis) is 1. The molecule has 0 unspecified atom stereocenters. The molecule has 0 saturated heterocycles. The third kappa shape index (κ3) is 8.26. The molecule has 3 aromatic rings. The van der Waals surface area contributed by atoms with Crippen LogP contribution in [0.1, 0.15) is 29.2 Å². The number of esters is 1. The number of nitrogens with one attached hydrogen (secondary N) is 1. The van der Waals surface area contributed by atoms with Crippen LogP contribution in [0, 0.1) is 0 Å². The van der Waals surface area contributed by atoms with E-state index in [4.69, 9.17) is 9.47 Å². The van der Waals surface area contributed by atoms with Gasteiger partial charge in [0.1, 0.15) is 25.0 Å². The van der Waals surface area contributed by atoms with Crippen LogP contribution in [-0.2, 0) is 45.1 Å². The van der Waals surface area contributed by atoms with Crippen LogP contribution in [-0.4, -0.2) is 23.9 Å². The van der Waals surface area contributed by atoms with Crippen molar-refractivity contribution < 1.29 is 23.9 Å². The van der Waals surface area contributed by atoms with Crippen LogP contribution >= 0.6 is 0 Å². The molecule has 0 aliphatic carbocycles. The van der Waals surface area contributed by atoms with Crippen LogP contribution < -0.4 is 5.32 Å². The number of carbonyl (C=O) groups excluding carboxylic acids is 3. The van der Waals surface area contributed by atoms with E-state index in [1.54, 1.807) is 0 Å². The van der Waals surface area contributed by atoms with E-state index in [-0.39, 0.29) is 25.4 Å². The third-order valence-corrected chi connectivity index (χ3v) is 4.93. The average Bonchev–Trinajstić information content (AvgIpc) is 2.83. The zero-order valence-electron chi connectivity index (χ0n) is 18.5. The first-order chi connectivity index (χ1) is 16.0. The Labute approximate surface area is 193 Å². The number of rotatable bonds is 10. The van der Waals surface area contributed by atoms with E-state index in [9.17, 15) is 14.4 Å². The summed E-state index contributed by atoms with van der Waals surface area (Å²) in [7, 11) is 0. The number of hydrogen-bond acceptors (Lipinski definition) is 5. The minimum absolute atomic E-state index is 0.0768. The molecule has 3 aromatic carbocycles. The average molecular weight is 446 g/mol. The number of benzene rings is 3. The van der Waals surface area contributed by atoms with Gasteiger partial charge in [0, 0.05) is 12.8 Å². The van der Waals surface area contributed by atoms with Crippen LogP contribution in [0.15, 0.2) is 84.9 Å². The van der Waals surface area contributed by atoms with Crippen molar-refractivity contribution in [3.8, 4) is 0 Å². The molecule has 0 aliphatic heterocycles. The molecule has 6 heteroatoms. The van der Waals surface area contributed by atoms with Gasteiger partial charge in [0.15, 0.2) is 0 Å². The summed E-state index contributed by atoms with van der Waals surface area (Å²) in [5.74, 6) is -0.476. The fourth-order valence-electron chi connectivity index (χ4n) is 3.25. The quantitative estimate of drug-likeness (QED) is 0.468. The Morgan fingerprint density at radius 3 is 1.76 bits per heavy atom. The van der Waals surface area contributed by atoms with Gasteiger partial charge in [-0.05, 0) is 29.2 Å². The number of carbonyl (C=O) groups is 3. The van der Waals surface area contributed by atoms with Crippen LogP contribution in [0.2, 0.25) is 0 Å². The highest BCUT2D eigenvalue weighted by Gasteiger charge is 2.24. The Hall–Kier alpha value is -3.93. The van der Waals surface area contributed by atoms with Crippen molar-refractivity contribution in [2.75, 3.05) is 0 Å². The van der Waals surface area contributed by atoms with Crippen molar-refractivity contribution in [2.45, 2.75) is 39.0 Å². The first kappa shape index (κ1) is 23.7. The first-order valence-corrected chi connectivity index (χ1v) is 10.7. The van der Waals surface area contributed by atoms with Gasteiger partial charge in [0.05, 0.1) is 0 Å².